The summed E-state index contributed by atoms with van der Waals surface area (Å²) < 4.78 is 5.26. The Morgan fingerprint density at radius 2 is 1.82 bits per heavy atom. The molecule has 22 heavy (non-hydrogen) atoms. The number of alkyl carbamates (subject to hydrolysis) is 1. The lowest BCUT2D eigenvalue weighted by Gasteiger charge is -2.24. The zero-order chi connectivity index (χ0) is 16.6. The van der Waals surface area contributed by atoms with Crippen molar-refractivity contribution in [3.05, 3.63) is 35.9 Å². The largest absolute Gasteiger partial charge is 0.444 e. The molecule has 1 aromatic carbocycles. The average molecular weight is 307 g/mol. The van der Waals surface area contributed by atoms with Gasteiger partial charge in [0.05, 0.1) is 6.04 Å². The van der Waals surface area contributed by atoms with Crippen molar-refractivity contribution in [2.24, 2.45) is 0 Å². The summed E-state index contributed by atoms with van der Waals surface area (Å²) in [6.07, 6.45) is 0.108. The molecule has 0 saturated carbocycles. The number of rotatable bonds is 5. The number of hydrogen-bond acceptors (Lipinski definition) is 3. The standard InChI is InChI=1S/C16H25N3O3/c1-16(2,3)22-15(21)19-13(11-18-14(20)17-4)10-12-8-6-5-7-9-12/h5-9,13H,10-11H2,1-4H3,(H,19,21)(H2,17,18,20)/t13-/m0/s1. The molecule has 0 saturated heterocycles. The van der Waals surface area contributed by atoms with Crippen LogP contribution in [0.3, 0.4) is 0 Å². The van der Waals surface area contributed by atoms with Crippen molar-refractivity contribution in [1.29, 1.82) is 0 Å². The first-order valence-corrected chi connectivity index (χ1v) is 7.29. The van der Waals surface area contributed by atoms with E-state index in [1.54, 1.807) is 7.05 Å². The van der Waals surface area contributed by atoms with E-state index in [-0.39, 0.29) is 12.1 Å². The molecule has 0 aromatic heterocycles. The molecule has 0 aliphatic rings. The highest BCUT2D eigenvalue weighted by atomic mass is 16.6. The molecule has 0 fully saturated rings. The van der Waals surface area contributed by atoms with Crippen LogP contribution in [0.2, 0.25) is 0 Å². The number of ether oxygens (including phenoxy) is 1. The second kappa shape index (κ2) is 8.26. The number of nitrogens with one attached hydrogen (secondary N) is 3. The second-order valence-corrected chi connectivity index (χ2v) is 5.99. The van der Waals surface area contributed by atoms with Crippen LogP contribution in [0.15, 0.2) is 30.3 Å². The maximum Gasteiger partial charge on any atom is 0.407 e. The lowest BCUT2D eigenvalue weighted by Crippen LogP contribution is -2.48. The molecule has 0 spiro atoms. The third-order valence-corrected chi connectivity index (χ3v) is 2.78. The van der Waals surface area contributed by atoms with Gasteiger partial charge in [0.1, 0.15) is 5.60 Å². The van der Waals surface area contributed by atoms with Crippen molar-refractivity contribution < 1.29 is 14.3 Å². The fraction of sp³-hybridized carbons (Fsp3) is 0.500. The maximum atomic E-state index is 11.9. The van der Waals surface area contributed by atoms with Crippen LogP contribution in [0.25, 0.3) is 0 Å². The van der Waals surface area contributed by atoms with E-state index in [0.29, 0.717) is 13.0 Å². The lowest BCUT2D eigenvalue weighted by atomic mass is 10.1. The monoisotopic (exact) mass is 307 g/mol. The van der Waals surface area contributed by atoms with Crippen molar-refractivity contribution in [1.82, 2.24) is 16.0 Å². The Hall–Kier alpha value is -2.24. The van der Waals surface area contributed by atoms with E-state index in [4.69, 9.17) is 4.74 Å². The molecule has 6 heteroatoms. The summed E-state index contributed by atoms with van der Waals surface area (Å²) >= 11 is 0. The predicted molar refractivity (Wildman–Crippen MR) is 85.8 cm³/mol. The van der Waals surface area contributed by atoms with Crippen LogP contribution in [-0.2, 0) is 11.2 Å². The average Bonchev–Trinajstić information content (AvgIpc) is 2.43. The summed E-state index contributed by atoms with van der Waals surface area (Å²) in [5.41, 5.74) is 0.512. The summed E-state index contributed by atoms with van der Waals surface area (Å²) in [4.78, 5) is 23.2. The zero-order valence-electron chi connectivity index (χ0n) is 13.6. The second-order valence-electron chi connectivity index (χ2n) is 5.99. The van der Waals surface area contributed by atoms with E-state index in [0.717, 1.165) is 5.56 Å². The minimum Gasteiger partial charge on any atom is -0.444 e. The Kier molecular flexibility index (Phi) is 6.69. The van der Waals surface area contributed by atoms with Crippen molar-refractivity contribution in [3.8, 4) is 0 Å². The molecular weight excluding hydrogens is 282 g/mol. The number of urea groups is 1. The summed E-state index contributed by atoms with van der Waals surface area (Å²) in [6, 6.07) is 9.21. The van der Waals surface area contributed by atoms with E-state index in [2.05, 4.69) is 16.0 Å². The van der Waals surface area contributed by atoms with Gasteiger partial charge in [-0.15, -0.1) is 0 Å². The molecule has 1 aromatic rings. The number of amides is 3. The first-order valence-electron chi connectivity index (χ1n) is 7.29. The highest BCUT2D eigenvalue weighted by Crippen LogP contribution is 2.08. The fourth-order valence-electron chi connectivity index (χ4n) is 1.85. The Bertz CT molecular complexity index is 483. The molecule has 0 bridgehead atoms. The highest BCUT2D eigenvalue weighted by Gasteiger charge is 2.20. The quantitative estimate of drug-likeness (QED) is 0.779. The van der Waals surface area contributed by atoms with E-state index >= 15 is 0 Å². The number of hydrogen-bond donors (Lipinski definition) is 3. The predicted octanol–water partition coefficient (Wildman–Crippen LogP) is 2.05. The van der Waals surface area contributed by atoms with Crippen molar-refractivity contribution in [2.75, 3.05) is 13.6 Å². The summed E-state index contributed by atoms with van der Waals surface area (Å²) in [5.74, 6) is 0. The SMILES string of the molecule is CNC(=O)NC[C@H](Cc1ccccc1)NC(=O)OC(C)(C)C. The molecular formula is C16H25N3O3. The van der Waals surface area contributed by atoms with Gasteiger partial charge in [0.15, 0.2) is 0 Å². The molecule has 6 nitrogen and oxygen atoms in total. The van der Waals surface area contributed by atoms with E-state index in [1.807, 2.05) is 51.1 Å². The molecule has 3 N–H and O–H groups in total. The van der Waals surface area contributed by atoms with Gasteiger partial charge in [0.2, 0.25) is 0 Å². The van der Waals surface area contributed by atoms with Crippen LogP contribution in [0.4, 0.5) is 9.59 Å². The zero-order valence-corrected chi connectivity index (χ0v) is 13.6. The van der Waals surface area contributed by atoms with Crippen molar-refractivity contribution in [2.45, 2.75) is 38.8 Å². The first kappa shape index (κ1) is 17.8. The molecule has 3 amide bonds. The Balaban J connectivity index is 2.65. The number of carbonyl (C=O) groups excluding carboxylic acids is 2. The van der Waals surface area contributed by atoms with Gasteiger partial charge in [-0.3, -0.25) is 0 Å². The Labute approximate surface area is 131 Å². The Morgan fingerprint density at radius 3 is 2.36 bits per heavy atom. The van der Waals surface area contributed by atoms with Crippen LogP contribution in [0, 0.1) is 0 Å². The third-order valence-electron chi connectivity index (χ3n) is 2.78. The van der Waals surface area contributed by atoms with Gasteiger partial charge in [-0.05, 0) is 32.8 Å². The normalized spacial score (nSPS) is 12.2. The molecule has 0 radical (unpaired) electrons. The molecule has 1 atom stereocenters. The molecule has 0 aliphatic heterocycles. The minimum absolute atomic E-state index is 0.255. The maximum absolute atomic E-state index is 11.9. The van der Waals surface area contributed by atoms with Gasteiger partial charge in [0, 0.05) is 13.6 Å². The van der Waals surface area contributed by atoms with Gasteiger partial charge in [0.25, 0.3) is 0 Å². The lowest BCUT2D eigenvalue weighted by molar-refractivity contribution is 0.0504. The van der Waals surface area contributed by atoms with E-state index in [9.17, 15) is 9.59 Å². The fourth-order valence-corrected chi connectivity index (χ4v) is 1.85. The van der Waals surface area contributed by atoms with Gasteiger partial charge in [-0.2, -0.15) is 0 Å². The highest BCUT2D eigenvalue weighted by molar-refractivity contribution is 5.73. The molecule has 0 unspecified atom stereocenters. The molecule has 122 valence electrons. The molecule has 0 aliphatic carbocycles. The van der Waals surface area contributed by atoms with Crippen LogP contribution < -0.4 is 16.0 Å². The van der Waals surface area contributed by atoms with Gasteiger partial charge >= 0.3 is 12.1 Å². The molecule has 1 rings (SSSR count). The topological polar surface area (TPSA) is 79.5 Å². The minimum atomic E-state index is -0.560. The third kappa shape index (κ3) is 7.52. The van der Waals surface area contributed by atoms with Gasteiger partial charge < -0.3 is 20.7 Å². The smallest absolute Gasteiger partial charge is 0.407 e. The van der Waals surface area contributed by atoms with E-state index < -0.39 is 11.7 Å². The van der Waals surface area contributed by atoms with E-state index in [1.165, 1.54) is 0 Å². The van der Waals surface area contributed by atoms with Crippen LogP contribution in [0.1, 0.15) is 26.3 Å². The summed E-state index contributed by atoms with van der Waals surface area (Å²) in [7, 11) is 1.54. The van der Waals surface area contributed by atoms with Gasteiger partial charge in [-0.25, -0.2) is 9.59 Å². The Morgan fingerprint density at radius 1 is 1.18 bits per heavy atom. The summed E-state index contributed by atoms with van der Waals surface area (Å²) in [5, 5.41) is 7.98. The summed E-state index contributed by atoms with van der Waals surface area (Å²) in [6.45, 7) is 5.73. The van der Waals surface area contributed by atoms with Crippen LogP contribution in [0.5, 0.6) is 0 Å². The van der Waals surface area contributed by atoms with Crippen molar-refractivity contribution in [3.63, 3.8) is 0 Å². The van der Waals surface area contributed by atoms with Gasteiger partial charge in [-0.1, -0.05) is 30.3 Å². The first-order chi connectivity index (χ1) is 10.3. The van der Waals surface area contributed by atoms with Crippen LogP contribution >= 0.6 is 0 Å². The number of benzene rings is 1. The van der Waals surface area contributed by atoms with Crippen LogP contribution in [-0.4, -0.2) is 37.4 Å². The van der Waals surface area contributed by atoms with Crippen molar-refractivity contribution >= 4 is 12.1 Å². The molecule has 0 heterocycles. The number of carbonyl (C=O) groups is 2.